The fraction of sp³-hybridized carbons (Fsp3) is 0.286. The van der Waals surface area contributed by atoms with Crippen LogP contribution in [0.3, 0.4) is 0 Å². The van der Waals surface area contributed by atoms with E-state index >= 15 is 0 Å². The molecule has 0 unspecified atom stereocenters. The third-order valence-electron chi connectivity index (χ3n) is 3.07. The number of aromatic nitrogens is 6. The lowest BCUT2D eigenvalue weighted by Gasteiger charge is -1.94. The first-order valence-electron chi connectivity index (χ1n) is 6.62. The number of hydrogen-bond donors (Lipinski definition) is 0. The van der Waals surface area contributed by atoms with Crippen LogP contribution in [0, 0.1) is 13.8 Å². The van der Waals surface area contributed by atoms with E-state index in [9.17, 15) is 0 Å². The van der Waals surface area contributed by atoms with Crippen molar-refractivity contribution in [1.82, 2.24) is 29.8 Å². The van der Waals surface area contributed by atoms with Crippen LogP contribution in [-0.2, 0) is 13.1 Å². The number of rotatable bonds is 5. The molecule has 0 bridgehead atoms. The van der Waals surface area contributed by atoms with Gasteiger partial charge in [-0.15, -0.1) is 23.0 Å². The molecule has 0 saturated carbocycles. The highest BCUT2D eigenvalue weighted by Crippen LogP contribution is 2.20. The predicted molar refractivity (Wildman–Crippen MR) is 82.1 cm³/mol. The van der Waals surface area contributed by atoms with E-state index in [2.05, 4.69) is 27.0 Å². The molecule has 0 atom stereocenters. The summed E-state index contributed by atoms with van der Waals surface area (Å²) in [7, 11) is 0. The van der Waals surface area contributed by atoms with Gasteiger partial charge in [-0.05, 0) is 13.8 Å². The van der Waals surface area contributed by atoms with Gasteiger partial charge < -0.3 is 0 Å². The van der Waals surface area contributed by atoms with Gasteiger partial charge in [0.05, 0.1) is 35.7 Å². The van der Waals surface area contributed by atoms with Gasteiger partial charge in [-0.1, -0.05) is 11.3 Å². The van der Waals surface area contributed by atoms with E-state index in [4.69, 9.17) is 0 Å². The van der Waals surface area contributed by atoms with Crippen molar-refractivity contribution in [2.24, 2.45) is 0 Å². The Labute approximate surface area is 126 Å². The number of nitrogens with zero attached hydrogens (tertiary/aromatic N) is 6. The van der Waals surface area contributed by atoms with Crippen LogP contribution in [-0.4, -0.2) is 29.8 Å². The van der Waals surface area contributed by atoms with Gasteiger partial charge in [0.1, 0.15) is 5.69 Å². The van der Waals surface area contributed by atoms with E-state index in [-0.39, 0.29) is 0 Å². The fourth-order valence-electron chi connectivity index (χ4n) is 2.14. The molecular formula is C14H16N6S. The Morgan fingerprint density at radius 2 is 2.14 bits per heavy atom. The third kappa shape index (κ3) is 2.92. The maximum absolute atomic E-state index is 4.44. The van der Waals surface area contributed by atoms with Crippen molar-refractivity contribution >= 4 is 11.3 Å². The molecule has 6 nitrogen and oxygen atoms in total. The number of thiazole rings is 1. The van der Waals surface area contributed by atoms with E-state index in [0.717, 1.165) is 27.7 Å². The number of allylic oxidation sites excluding steroid dienone is 1. The van der Waals surface area contributed by atoms with Crippen molar-refractivity contribution in [1.29, 1.82) is 0 Å². The minimum atomic E-state index is 0.636. The van der Waals surface area contributed by atoms with Crippen LogP contribution in [0.5, 0.6) is 0 Å². The van der Waals surface area contributed by atoms with Crippen molar-refractivity contribution in [3.63, 3.8) is 0 Å². The van der Waals surface area contributed by atoms with Gasteiger partial charge in [-0.2, -0.15) is 5.10 Å². The molecule has 3 heterocycles. The Hall–Kier alpha value is -2.28. The molecule has 3 aromatic rings. The van der Waals surface area contributed by atoms with Crippen LogP contribution < -0.4 is 0 Å². The smallest absolute Gasteiger partial charge is 0.116 e. The van der Waals surface area contributed by atoms with Gasteiger partial charge in [0.25, 0.3) is 0 Å². The second kappa shape index (κ2) is 5.61. The van der Waals surface area contributed by atoms with Crippen molar-refractivity contribution in [2.75, 3.05) is 0 Å². The molecule has 0 fully saturated rings. The lowest BCUT2D eigenvalue weighted by atomic mass is 10.2. The SMILES string of the molecule is C=CCn1cc(-c2cn(Cc3csc(C)n3)nn2)c(C)n1. The summed E-state index contributed by atoms with van der Waals surface area (Å²) in [6.07, 6.45) is 5.72. The van der Waals surface area contributed by atoms with E-state index in [1.807, 2.05) is 42.4 Å². The zero-order chi connectivity index (χ0) is 14.8. The van der Waals surface area contributed by atoms with Crippen molar-refractivity contribution in [3.8, 4) is 11.3 Å². The molecule has 0 N–H and O–H groups in total. The predicted octanol–water partition coefficient (Wildman–Crippen LogP) is 2.45. The molecule has 0 spiro atoms. The lowest BCUT2D eigenvalue weighted by Crippen LogP contribution is -2.00. The highest BCUT2D eigenvalue weighted by atomic mass is 32.1. The molecule has 0 amide bonds. The van der Waals surface area contributed by atoms with Crippen molar-refractivity contribution in [3.05, 3.63) is 46.8 Å². The minimum absolute atomic E-state index is 0.636. The second-order valence-electron chi connectivity index (χ2n) is 4.80. The van der Waals surface area contributed by atoms with Crippen LogP contribution in [0.1, 0.15) is 16.4 Å². The summed E-state index contributed by atoms with van der Waals surface area (Å²) in [6.45, 7) is 9.01. The Morgan fingerprint density at radius 1 is 1.29 bits per heavy atom. The summed E-state index contributed by atoms with van der Waals surface area (Å²) in [6, 6.07) is 0. The molecule has 0 aromatic carbocycles. The Balaban J connectivity index is 1.82. The molecule has 108 valence electrons. The first-order valence-corrected chi connectivity index (χ1v) is 7.50. The van der Waals surface area contributed by atoms with Crippen LogP contribution >= 0.6 is 11.3 Å². The minimum Gasteiger partial charge on any atom is -0.268 e. The number of hydrogen-bond acceptors (Lipinski definition) is 5. The summed E-state index contributed by atoms with van der Waals surface area (Å²) >= 11 is 1.64. The monoisotopic (exact) mass is 300 g/mol. The molecule has 0 saturated heterocycles. The molecule has 0 aliphatic carbocycles. The van der Waals surface area contributed by atoms with Gasteiger partial charge in [-0.25, -0.2) is 9.67 Å². The van der Waals surface area contributed by atoms with E-state index in [1.165, 1.54) is 0 Å². The van der Waals surface area contributed by atoms with Gasteiger partial charge in [0, 0.05) is 17.1 Å². The lowest BCUT2D eigenvalue weighted by molar-refractivity contribution is 0.640. The van der Waals surface area contributed by atoms with Crippen LogP contribution in [0.2, 0.25) is 0 Å². The highest BCUT2D eigenvalue weighted by molar-refractivity contribution is 7.09. The summed E-state index contributed by atoms with van der Waals surface area (Å²) in [5, 5.41) is 15.9. The van der Waals surface area contributed by atoms with Gasteiger partial charge in [0.2, 0.25) is 0 Å². The molecular weight excluding hydrogens is 284 g/mol. The zero-order valence-corrected chi connectivity index (χ0v) is 12.8. The normalized spacial score (nSPS) is 11.0. The largest absolute Gasteiger partial charge is 0.268 e. The highest BCUT2D eigenvalue weighted by Gasteiger charge is 2.11. The van der Waals surface area contributed by atoms with Crippen molar-refractivity contribution < 1.29 is 0 Å². The topological polar surface area (TPSA) is 61.4 Å². The molecule has 0 radical (unpaired) electrons. The third-order valence-corrected chi connectivity index (χ3v) is 3.89. The van der Waals surface area contributed by atoms with E-state index < -0.39 is 0 Å². The first-order chi connectivity index (χ1) is 10.2. The summed E-state index contributed by atoms with van der Waals surface area (Å²) in [4.78, 5) is 4.44. The Kier molecular flexibility index (Phi) is 3.66. The van der Waals surface area contributed by atoms with Crippen LogP contribution in [0.25, 0.3) is 11.3 Å². The van der Waals surface area contributed by atoms with Gasteiger partial charge in [0.15, 0.2) is 0 Å². The molecule has 0 aliphatic heterocycles. The van der Waals surface area contributed by atoms with Crippen LogP contribution in [0.4, 0.5) is 0 Å². The molecule has 0 aliphatic rings. The van der Waals surface area contributed by atoms with Gasteiger partial charge >= 0.3 is 0 Å². The van der Waals surface area contributed by atoms with E-state index in [0.29, 0.717) is 13.1 Å². The van der Waals surface area contributed by atoms with E-state index in [1.54, 1.807) is 16.0 Å². The summed E-state index contributed by atoms with van der Waals surface area (Å²) in [5.41, 5.74) is 3.77. The quantitative estimate of drug-likeness (QED) is 0.679. The average molecular weight is 300 g/mol. The number of aryl methyl sites for hydroxylation is 2. The fourth-order valence-corrected chi connectivity index (χ4v) is 2.74. The standard InChI is InChI=1S/C14H16N6S/c1-4-5-19-7-13(10(2)17-19)14-8-20(18-16-14)6-12-9-21-11(3)15-12/h4,7-9H,1,5-6H2,2-3H3. The first kappa shape index (κ1) is 13.7. The molecule has 7 heteroatoms. The van der Waals surface area contributed by atoms with Gasteiger partial charge in [-0.3, -0.25) is 4.68 Å². The average Bonchev–Trinajstić information content (AvgIpc) is 3.12. The Morgan fingerprint density at radius 3 is 2.86 bits per heavy atom. The maximum Gasteiger partial charge on any atom is 0.116 e. The molecule has 21 heavy (non-hydrogen) atoms. The summed E-state index contributed by atoms with van der Waals surface area (Å²) < 4.78 is 3.65. The Bertz CT molecular complexity index is 766. The second-order valence-corrected chi connectivity index (χ2v) is 5.86. The molecule has 3 aromatic heterocycles. The van der Waals surface area contributed by atoms with Crippen molar-refractivity contribution in [2.45, 2.75) is 26.9 Å². The maximum atomic E-state index is 4.44. The van der Waals surface area contributed by atoms with Crippen LogP contribution in [0.15, 0.2) is 30.4 Å². The zero-order valence-electron chi connectivity index (χ0n) is 12.0. The summed E-state index contributed by atoms with van der Waals surface area (Å²) in [5.74, 6) is 0. The molecule has 3 rings (SSSR count).